The van der Waals surface area contributed by atoms with E-state index in [9.17, 15) is 13.2 Å². The number of sulfonamides is 1. The number of benzene rings is 3. The van der Waals surface area contributed by atoms with Crippen molar-refractivity contribution in [3.05, 3.63) is 72.3 Å². The van der Waals surface area contributed by atoms with E-state index in [1.807, 2.05) is 18.2 Å². The summed E-state index contributed by atoms with van der Waals surface area (Å²) < 4.78 is 49.4. The van der Waals surface area contributed by atoms with Crippen molar-refractivity contribution in [2.24, 2.45) is 0 Å². The average molecular weight is 540 g/mol. The highest BCUT2D eigenvalue weighted by Gasteiger charge is 2.22. The van der Waals surface area contributed by atoms with Gasteiger partial charge in [0.2, 0.25) is 6.79 Å². The third kappa shape index (κ3) is 6.12. The highest BCUT2D eigenvalue weighted by Crippen LogP contribution is 2.33. The lowest BCUT2D eigenvalue weighted by molar-refractivity contribution is -0.135. The predicted molar refractivity (Wildman–Crippen MR) is 140 cm³/mol. The minimum atomic E-state index is -3.77. The van der Waals surface area contributed by atoms with Gasteiger partial charge in [-0.25, -0.2) is 8.42 Å². The minimum absolute atomic E-state index is 0.0885. The Kier molecular flexibility index (Phi) is 7.57. The third-order valence-corrected chi connectivity index (χ3v) is 7.80. The van der Waals surface area contributed by atoms with E-state index in [4.69, 9.17) is 18.9 Å². The average Bonchev–Trinajstić information content (AvgIpc) is 3.41. The highest BCUT2D eigenvalue weighted by atomic mass is 32.2. The molecule has 200 valence electrons. The van der Waals surface area contributed by atoms with Crippen LogP contribution in [0.2, 0.25) is 0 Å². The fraction of sp³-hybridized carbons (Fsp3) is 0.296. The predicted octanol–water partition coefficient (Wildman–Crippen LogP) is 2.95. The Labute approximate surface area is 221 Å². The van der Waals surface area contributed by atoms with Crippen LogP contribution in [0.3, 0.4) is 0 Å². The van der Waals surface area contributed by atoms with Gasteiger partial charge in [0.15, 0.2) is 18.1 Å². The van der Waals surface area contributed by atoms with Crippen molar-refractivity contribution >= 4 is 21.6 Å². The summed E-state index contributed by atoms with van der Waals surface area (Å²) >= 11 is 0. The molecule has 0 spiro atoms. The molecule has 1 fully saturated rings. The topological polar surface area (TPSA) is 107 Å². The van der Waals surface area contributed by atoms with Crippen LogP contribution in [0, 0.1) is 0 Å². The van der Waals surface area contributed by atoms with Crippen molar-refractivity contribution in [3.63, 3.8) is 0 Å². The van der Waals surface area contributed by atoms with Gasteiger partial charge in [-0.3, -0.25) is 14.4 Å². The van der Waals surface area contributed by atoms with Gasteiger partial charge < -0.3 is 23.8 Å². The monoisotopic (exact) mass is 539 g/mol. The van der Waals surface area contributed by atoms with E-state index in [1.54, 1.807) is 48.4 Å². The number of nitrogens with one attached hydrogen (secondary N) is 1. The molecule has 2 aliphatic rings. The molecular formula is C27H29N3O7S. The molecule has 0 bridgehead atoms. The minimum Gasteiger partial charge on any atom is -0.497 e. The van der Waals surface area contributed by atoms with Crippen LogP contribution in [0.15, 0.2) is 71.6 Å². The summed E-state index contributed by atoms with van der Waals surface area (Å²) in [5.74, 6) is 2.49. The molecule has 0 saturated carbocycles. The van der Waals surface area contributed by atoms with Crippen LogP contribution in [0.4, 0.5) is 5.69 Å². The highest BCUT2D eigenvalue weighted by molar-refractivity contribution is 7.92. The third-order valence-electron chi connectivity index (χ3n) is 6.41. The number of fused-ring (bicyclic) bond motifs is 1. The SMILES string of the molecule is COc1ccc(NS(=O)(=O)c2ccc(OCC(=O)N3CCN(Cc4ccc5c(c4)OCO5)CC3)cc2)cc1. The van der Waals surface area contributed by atoms with Crippen LogP contribution in [-0.2, 0) is 21.4 Å². The number of carbonyl (C=O) groups excluding carboxylic acids is 1. The number of rotatable bonds is 9. The molecule has 3 aromatic rings. The zero-order chi connectivity index (χ0) is 26.5. The van der Waals surface area contributed by atoms with E-state index in [0.29, 0.717) is 30.3 Å². The number of methoxy groups -OCH3 is 1. The van der Waals surface area contributed by atoms with E-state index >= 15 is 0 Å². The Morgan fingerprint density at radius 3 is 2.29 bits per heavy atom. The zero-order valence-corrected chi connectivity index (χ0v) is 21.8. The Morgan fingerprint density at radius 1 is 0.895 bits per heavy atom. The fourth-order valence-corrected chi connectivity index (χ4v) is 5.34. The van der Waals surface area contributed by atoms with Gasteiger partial charge in [-0.15, -0.1) is 0 Å². The fourth-order valence-electron chi connectivity index (χ4n) is 4.28. The second-order valence-electron chi connectivity index (χ2n) is 8.94. The van der Waals surface area contributed by atoms with Crippen LogP contribution in [0.25, 0.3) is 0 Å². The van der Waals surface area contributed by atoms with Gasteiger partial charge >= 0.3 is 0 Å². The second kappa shape index (κ2) is 11.2. The lowest BCUT2D eigenvalue weighted by Crippen LogP contribution is -2.49. The molecule has 0 aromatic heterocycles. The molecule has 0 radical (unpaired) electrons. The quantitative estimate of drug-likeness (QED) is 0.443. The van der Waals surface area contributed by atoms with Crippen molar-refractivity contribution < 1.29 is 32.2 Å². The Hall–Kier alpha value is -3.96. The summed E-state index contributed by atoms with van der Waals surface area (Å²) in [6.07, 6.45) is 0. The van der Waals surface area contributed by atoms with Crippen LogP contribution >= 0.6 is 0 Å². The first-order valence-corrected chi connectivity index (χ1v) is 13.7. The van der Waals surface area contributed by atoms with Gasteiger partial charge in [-0.1, -0.05) is 6.07 Å². The summed E-state index contributed by atoms with van der Waals surface area (Å²) in [7, 11) is -2.23. The first kappa shape index (κ1) is 25.7. The van der Waals surface area contributed by atoms with E-state index in [0.717, 1.165) is 36.7 Å². The van der Waals surface area contributed by atoms with Crippen molar-refractivity contribution in [1.29, 1.82) is 0 Å². The van der Waals surface area contributed by atoms with Crippen molar-refractivity contribution in [2.45, 2.75) is 11.4 Å². The number of hydrogen-bond acceptors (Lipinski definition) is 8. The molecule has 1 amide bonds. The van der Waals surface area contributed by atoms with E-state index in [2.05, 4.69) is 9.62 Å². The van der Waals surface area contributed by atoms with Crippen LogP contribution < -0.4 is 23.7 Å². The second-order valence-corrected chi connectivity index (χ2v) is 10.6. The summed E-state index contributed by atoms with van der Waals surface area (Å²) in [4.78, 5) is 16.8. The smallest absolute Gasteiger partial charge is 0.261 e. The largest absolute Gasteiger partial charge is 0.497 e. The summed E-state index contributed by atoms with van der Waals surface area (Å²) in [5.41, 5.74) is 1.56. The zero-order valence-electron chi connectivity index (χ0n) is 21.0. The maximum atomic E-state index is 12.7. The van der Waals surface area contributed by atoms with Gasteiger partial charge in [0, 0.05) is 38.4 Å². The molecule has 10 nitrogen and oxygen atoms in total. The first-order valence-electron chi connectivity index (χ1n) is 12.2. The molecule has 0 atom stereocenters. The molecule has 1 saturated heterocycles. The molecule has 5 rings (SSSR count). The van der Waals surface area contributed by atoms with Gasteiger partial charge in [0.25, 0.3) is 15.9 Å². The van der Waals surface area contributed by atoms with Crippen LogP contribution in [0.1, 0.15) is 5.56 Å². The standard InChI is InChI=1S/C27H29N3O7S/c1-34-22-5-3-21(4-6-22)28-38(32,33)24-9-7-23(8-10-24)35-18-27(31)30-14-12-29(13-15-30)17-20-2-11-25-26(16-20)37-19-36-25/h2-11,16,28H,12-15,17-19H2,1H3. The Morgan fingerprint density at radius 2 is 1.58 bits per heavy atom. The number of amides is 1. The lowest BCUT2D eigenvalue weighted by Gasteiger charge is -2.34. The van der Waals surface area contributed by atoms with Crippen LogP contribution in [-0.4, -0.2) is 70.8 Å². The molecule has 2 heterocycles. The van der Waals surface area contributed by atoms with Gasteiger partial charge in [-0.05, 0) is 66.2 Å². The van der Waals surface area contributed by atoms with Crippen molar-refractivity contribution in [1.82, 2.24) is 9.80 Å². The van der Waals surface area contributed by atoms with E-state index < -0.39 is 10.0 Å². The van der Waals surface area contributed by atoms with E-state index in [-0.39, 0.29) is 24.2 Å². The number of hydrogen-bond donors (Lipinski definition) is 1. The Balaban J connectivity index is 1.07. The van der Waals surface area contributed by atoms with Gasteiger partial charge in [0.05, 0.1) is 12.0 Å². The number of ether oxygens (including phenoxy) is 4. The normalized spacial score (nSPS) is 15.2. The summed E-state index contributed by atoms with van der Waals surface area (Å²) in [5, 5.41) is 0. The number of nitrogens with zero attached hydrogens (tertiary/aromatic N) is 2. The number of carbonyl (C=O) groups is 1. The maximum absolute atomic E-state index is 12.7. The number of anilines is 1. The summed E-state index contributed by atoms with van der Waals surface area (Å²) in [6.45, 7) is 3.66. The molecule has 0 unspecified atom stereocenters. The number of piperazine rings is 1. The molecule has 3 aromatic carbocycles. The molecule has 0 aliphatic carbocycles. The lowest BCUT2D eigenvalue weighted by atomic mass is 10.1. The molecule has 2 aliphatic heterocycles. The molecule has 11 heteroatoms. The van der Waals surface area contributed by atoms with Crippen molar-refractivity contribution in [2.75, 3.05) is 51.4 Å². The van der Waals surface area contributed by atoms with E-state index in [1.165, 1.54) is 12.1 Å². The van der Waals surface area contributed by atoms with Crippen molar-refractivity contribution in [3.8, 4) is 23.0 Å². The maximum Gasteiger partial charge on any atom is 0.261 e. The first-order chi connectivity index (χ1) is 18.4. The molecular weight excluding hydrogens is 510 g/mol. The molecule has 1 N–H and O–H groups in total. The molecule has 38 heavy (non-hydrogen) atoms. The van der Waals surface area contributed by atoms with Crippen LogP contribution in [0.5, 0.6) is 23.0 Å². The van der Waals surface area contributed by atoms with Gasteiger partial charge in [0.1, 0.15) is 11.5 Å². The van der Waals surface area contributed by atoms with Gasteiger partial charge in [-0.2, -0.15) is 0 Å². The Bertz CT molecular complexity index is 1370. The summed E-state index contributed by atoms with van der Waals surface area (Å²) in [6, 6.07) is 18.5.